The molecule has 0 aliphatic rings. The van der Waals surface area contributed by atoms with Crippen molar-refractivity contribution in [3.05, 3.63) is 53.2 Å². The number of hydrogen-bond donors (Lipinski definition) is 1. The predicted molar refractivity (Wildman–Crippen MR) is 70.7 cm³/mol. The van der Waals surface area contributed by atoms with Gasteiger partial charge in [0.05, 0.1) is 18.8 Å². The summed E-state index contributed by atoms with van der Waals surface area (Å²) in [6.07, 6.45) is 0. The Balaban J connectivity index is 2.32. The van der Waals surface area contributed by atoms with Crippen molar-refractivity contribution < 1.29 is 4.74 Å². The molecule has 0 radical (unpaired) electrons. The standard InChI is InChI=1S/C14H17N3O/c1-10-5-4-6-11(9-10)14(15-2)12-7-8-13(18-3)17-16-12/h4-9,14-15H,1-3H3. The van der Waals surface area contributed by atoms with Gasteiger partial charge in [0, 0.05) is 6.07 Å². The van der Waals surface area contributed by atoms with Gasteiger partial charge >= 0.3 is 0 Å². The van der Waals surface area contributed by atoms with Gasteiger partial charge in [0.1, 0.15) is 0 Å². The van der Waals surface area contributed by atoms with Crippen molar-refractivity contribution in [3.8, 4) is 5.88 Å². The number of rotatable bonds is 4. The van der Waals surface area contributed by atoms with Crippen LogP contribution in [0.4, 0.5) is 0 Å². The van der Waals surface area contributed by atoms with E-state index in [1.54, 1.807) is 7.11 Å². The van der Waals surface area contributed by atoms with Crippen LogP contribution >= 0.6 is 0 Å². The maximum Gasteiger partial charge on any atom is 0.233 e. The molecule has 2 aromatic rings. The van der Waals surface area contributed by atoms with E-state index in [-0.39, 0.29) is 6.04 Å². The number of methoxy groups -OCH3 is 1. The first kappa shape index (κ1) is 12.5. The molecule has 4 heteroatoms. The minimum absolute atomic E-state index is 0.0447. The van der Waals surface area contributed by atoms with Crippen LogP contribution in [0.1, 0.15) is 22.9 Å². The molecule has 0 saturated heterocycles. The largest absolute Gasteiger partial charge is 0.480 e. The van der Waals surface area contributed by atoms with Crippen LogP contribution in [0.3, 0.4) is 0 Å². The van der Waals surface area contributed by atoms with Crippen LogP contribution in [-0.2, 0) is 0 Å². The fourth-order valence-electron chi connectivity index (χ4n) is 1.93. The molecule has 0 saturated carbocycles. The number of nitrogens with zero attached hydrogens (tertiary/aromatic N) is 2. The third kappa shape index (κ3) is 2.65. The van der Waals surface area contributed by atoms with Gasteiger partial charge in [-0.15, -0.1) is 10.2 Å². The van der Waals surface area contributed by atoms with Gasteiger partial charge in [-0.05, 0) is 25.6 Å². The maximum absolute atomic E-state index is 5.01. The molecule has 0 spiro atoms. The number of ether oxygens (including phenoxy) is 1. The highest BCUT2D eigenvalue weighted by Gasteiger charge is 2.14. The first-order valence-electron chi connectivity index (χ1n) is 5.86. The van der Waals surface area contributed by atoms with E-state index in [0.717, 1.165) is 5.69 Å². The van der Waals surface area contributed by atoms with Crippen LogP contribution < -0.4 is 10.1 Å². The molecule has 4 nitrogen and oxygen atoms in total. The lowest BCUT2D eigenvalue weighted by molar-refractivity contribution is 0.390. The van der Waals surface area contributed by atoms with E-state index in [1.807, 2.05) is 25.2 Å². The number of aromatic nitrogens is 2. The molecule has 1 unspecified atom stereocenters. The topological polar surface area (TPSA) is 47.0 Å². The summed E-state index contributed by atoms with van der Waals surface area (Å²) in [5.41, 5.74) is 3.29. The molecular weight excluding hydrogens is 226 g/mol. The van der Waals surface area contributed by atoms with Gasteiger partial charge in [-0.25, -0.2) is 0 Å². The van der Waals surface area contributed by atoms with E-state index in [4.69, 9.17) is 4.74 Å². The second-order valence-electron chi connectivity index (χ2n) is 4.14. The van der Waals surface area contributed by atoms with Crippen LogP contribution in [0.15, 0.2) is 36.4 Å². The zero-order valence-corrected chi connectivity index (χ0v) is 10.8. The number of hydrogen-bond acceptors (Lipinski definition) is 4. The number of aryl methyl sites for hydroxylation is 1. The molecule has 1 aromatic carbocycles. The van der Waals surface area contributed by atoms with Crippen LogP contribution in [0.5, 0.6) is 5.88 Å². The van der Waals surface area contributed by atoms with E-state index < -0.39 is 0 Å². The number of benzene rings is 1. The van der Waals surface area contributed by atoms with Crippen molar-refractivity contribution in [1.29, 1.82) is 0 Å². The van der Waals surface area contributed by atoms with Crippen LogP contribution in [0.25, 0.3) is 0 Å². The van der Waals surface area contributed by atoms with Gasteiger partial charge < -0.3 is 10.1 Å². The normalized spacial score (nSPS) is 12.2. The lowest BCUT2D eigenvalue weighted by Gasteiger charge is -2.16. The second kappa shape index (κ2) is 5.60. The van der Waals surface area contributed by atoms with E-state index >= 15 is 0 Å². The van der Waals surface area contributed by atoms with Gasteiger partial charge in [-0.2, -0.15) is 0 Å². The summed E-state index contributed by atoms with van der Waals surface area (Å²) in [5, 5.41) is 11.4. The Bertz CT molecular complexity index is 511. The van der Waals surface area contributed by atoms with Crippen molar-refractivity contribution in [1.82, 2.24) is 15.5 Å². The van der Waals surface area contributed by atoms with E-state index in [2.05, 4.69) is 40.6 Å². The molecule has 0 aliphatic carbocycles. The van der Waals surface area contributed by atoms with E-state index in [9.17, 15) is 0 Å². The zero-order chi connectivity index (χ0) is 13.0. The molecule has 1 heterocycles. The van der Waals surface area contributed by atoms with Gasteiger partial charge in [0.2, 0.25) is 5.88 Å². The van der Waals surface area contributed by atoms with Gasteiger partial charge in [0.15, 0.2) is 0 Å². The van der Waals surface area contributed by atoms with Gasteiger partial charge in [-0.3, -0.25) is 0 Å². The quantitative estimate of drug-likeness (QED) is 0.893. The second-order valence-corrected chi connectivity index (χ2v) is 4.14. The summed E-state index contributed by atoms with van der Waals surface area (Å²) in [7, 11) is 3.50. The molecule has 2 rings (SSSR count). The fraction of sp³-hybridized carbons (Fsp3) is 0.286. The fourth-order valence-corrected chi connectivity index (χ4v) is 1.93. The summed E-state index contributed by atoms with van der Waals surface area (Å²) >= 11 is 0. The third-order valence-corrected chi connectivity index (χ3v) is 2.83. The molecular formula is C14H17N3O. The Morgan fingerprint density at radius 1 is 1.17 bits per heavy atom. The van der Waals surface area contributed by atoms with Gasteiger partial charge in [-0.1, -0.05) is 29.8 Å². The minimum atomic E-state index is 0.0447. The van der Waals surface area contributed by atoms with Crippen LogP contribution in [-0.4, -0.2) is 24.4 Å². The minimum Gasteiger partial charge on any atom is -0.480 e. The molecule has 0 bridgehead atoms. The van der Waals surface area contributed by atoms with Crippen LogP contribution in [0.2, 0.25) is 0 Å². The van der Waals surface area contributed by atoms with Gasteiger partial charge in [0.25, 0.3) is 0 Å². The summed E-state index contributed by atoms with van der Waals surface area (Å²) in [4.78, 5) is 0. The molecule has 1 atom stereocenters. The Kier molecular flexibility index (Phi) is 3.89. The van der Waals surface area contributed by atoms with Crippen molar-refractivity contribution in [2.45, 2.75) is 13.0 Å². The smallest absolute Gasteiger partial charge is 0.233 e. The molecule has 0 amide bonds. The lowest BCUT2D eigenvalue weighted by atomic mass is 10.0. The van der Waals surface area contributed by atoms with Crippen molar-refractivity contribution in [2.75, 3.05) is 14.2 Å². The summed E-state index contributed by atoms with van der Waals surface area (Å²) in [6.45, 7) is 2.08. The first-order chi connectivity index (χ1) is 8.74. The number of nitrogens with one attached hydrogen (secondary N) is 1. The lowest BCUT2D eigenvalue weighted by Crippen LogP contribution is -2.19. The van der Waals surface area contributed by atoms with Crippen molar-refractivity contribution in [3.63, 3.8) is 0 Å². The summed E-state index contributed by atoms with van der Waals surface area (Å²) in [6, 6.07) is 12.1. The van der Waals surface area contributed by atoms with Crippen molar-refractivity contribution >= 4 is 0 Å². The molecule has 0 aliphatic heterocycles. The highest BCUT2D eigenvalue weighted by atomic mass is 16.5. The SMILES string of the molecule is CNC(c1cccc(C)c1)c1ccc(OC)nn1. The Hall–Kier alpha value is -1.94. The average Bonchev–Trinajstić information content (AvgIpc) is 2.40. The highest BCUT2D eigenvalue weighted by Crippen LogP contribution is 2.21. The van der Waals surface area contributed by atoms with E-state index in [0.29, 0.717) is 5.88 Å². The summed E-state index contributed by atoms with van der Waals surface area (Å²) in [5.74, 6) is 0.526. The molecule has 1 N–H and O–H groups in total. The Morgan fingerprint density at radius 2 is 2.00 bits per heavy atom. The first-order valence-corrected chi connectivity index (χ1v) is 5.86. The Labute approximate surface area is 107 Å². The molecule has 1 aromatic heterocycles. The third-order valence-electron chi connectivity index (χ3n) is 2.83. The van der Waals surface area contributed by atoms with Crippen LogP contribution in [0, 0.1) is 6.92 Å². The predicted octanol–water partition coefficient (Wildman–Crippen LogP) is 2.10. The maximum atomic E-state index is 5.01. The average molecular weight is 243 g/mol. The molecule has 18 heavy (non-hydrogen) atoms. The summed E-state index contributed by atoms with van der Waals surface area (Å²) < 4.78 is 5.01. The highest BCUT2D eigenvalue weighted by molar-refractivity contribution is 5.31. The monoisotopic (exact) mass is 243 g/mol. The van der Waals surface area contributed by atoms with Crippen molar-refractivity contribution in [2.24, 2.45) is 0 Å². The molecule has 0 fully saturated rings. The van der Waals surface area contributed by atoms with E-state index in [1.165, 1.54) is 11.1 Å². The zero-order valence-electron chi connectivity index (χ0n) is 10.8. The molecule has 94 valence electrons. The Morgan fingerprint density at radius 3 is 2.56 bits per heavy atom.